The van der Waals surface area contributed by atoms with Crippen LogP contribution in [0, 0.1) is 4.77 Å². The Hall–Kier alpha value is -4.59. The van der Waals surface area contributed by atoms with Gasteiger partial charge in [0.15, 0.2) is 12.3 Å². The summed E-state index contributed by atoms with van der Waals surface area (Å²) in [6, 6.07) is 33.6. The van der Waals surface area contributed by atoms with Crippen LogP contribution in [0.25, 0.3) is 0 Å². The first-order chi connectivity index (χ1) is 24.0. The highest BCUT2D eigenvalue weighted by Crippen LogP contribution is 2.60. The molecule has 6 rings (SSSR count). The Morgan fingerprint density at radius 2 is 1.36 bits per heavy atom. The monoisotopic (exact) mass is 717 g/mol. The van der Waals surface area contributed by atoms with Gasteiger partial charge in [-0.25, -0.2) is 4.98 Å². The van der Waals surface area contributed by atoms with E-state index in [0.717, 1.165) is 0 Å². The molecule has 1 aliphatic rings. The predicted molar refractivity (Wildman–Crippen MR) is 187 cm³/mol. The highest BCUT2D eigenvalue weighted by atomic mass is 32.1. The summed E-state index contributed by atoms with van der Waals surface area (Å²) in [6.45, 7) is -0.532. The molecular weight excluding hydrogens is 681 g/mol. The second-order valence-corrected chi connectivity index (χ2v) is 13.7. The van der Waals surface area contributed by atoms with Crippen molar-refractivity contribution in [2.45, 2.75) is 29.4 Å². The summed E-state index contributed by atoms with van der Waals surface area (Å²) in [5, 5.41) is 9.37. The van der Waals surface area contributed by atoms with Crippen LogP contribution in [0.2, 0.25) is 0 Å². The van der Waals surface area contributed by atoms with Crippen LogP contribution in [-0.2, 0) is 19.6 Å². The number of benzene rings is 4. The van der Waals surface area contributed by atoms with E-state index in [-0.39, 0.29) is 16.3 Å². The quantitative estimate of drug-likeness (QED) is 0.0735. The lowest BCUT2D eigenvalue weighted by atomic mass is 9.80. The van der Waals surface area contributed by atoms with Gasteiger partial charge in [-0.15, -0.1) is 0 Å². The molecule has 0 radical (unpaired) electrons. The summed E-state index contributed by atoms with van der Waals surface area (Å²) in [4.78, 5) is 26.0. The average molecular weight is 718 g/mol. The molecule has 2 unspecified atom stereocenters. The predicted octanol–water partition coefficient (Wildman–Crippen LogP) is 5.43. The van der Waals surface area contributed by atoms with Gasteiger partial charge in [-0.1, -0.05) is 72.8 Å². The van der Waals surface area contributed by atoms with E-state index in [9.17, 15) is 19.5 Å². The molecule has 50 heavy (non-hydrogen) atoms. The second-order valence-electron chi connectivity index (χ2n) is 11.6. The molecule has 0 spiro atoms. The van der Waals surface area contributed by atoms with Gasteiger partial charge in [0.05, 0.1) is 20.8 Å². The summed E-state index contributed by atoms with van der Waals surface area (Å²) in [6.07, 6.45) is -3.26. The fourth-order valence-corrected chi connectivity index (χ4v) is 7.44. The van der Waals surface area contributed by atoms with Crippen LogP contribution in [0.1, 0.15) is 22.9 Å². The van der Waals surface area contributed by atoms with Crippen LogP contribution >= 0.6 is 19.8 Å². The van der Waals surface area contributed by atoms with E-state index in [2.05, 4.69) is 4.98 Å². The molecule has 5 N–H and O–H groups in total. The Bertz CT molecular complexity index is 1960. The molecule has 1 aliphatic heterocycles. The molecule has 2 heterocycles. The summed E-state index contributed by atoms with van der Waals surface area (Å²) in [7, 11) is -2.35. The van der Waals surface area contributed by atoms with Gasteiger partial charge in [0.1, 0.15) is 34.8 Å². The van der Waals surface area contributed by atoms with Crippen LogP contribution in [0.3, 0.4) is 0 Å². The third kappa shape index (κ3) is 6.52. The number of nitrogens with zero attached hydrogens (tertiary/aromatic N) is 2. The highest BCUT2D eigenvalue weighted by Gasteiger charge is 2.68. The van der Waals surface area contributed by atoms with Crippen molar-refractivity contribution in [1.82, 2.24) is 9.55 Å². The molecular formula is C36H36N3O9PS. The zero-order chi connectivity index (χ0) is 35.5. The number of rotatable bonds is 12. The number of nitrogens with two attached hydrogens (primary N) is 1. The Kier molecular flexibility index (Phi) is 10.1. The van der Waals surface area contributed by atoms with Crippen LogP contribution in [-0.4, -0.2) is 62.8 Å². The van der Waals surface area contributed by atoms with Crippen LogP contribution in [0.15, 0.2) is 121 Å². The fraction of sp³-hybridized carbons (Fsp3) is 0.222. The van der Waals surface area contributed by atoms with E-state index in [1.807, 2.05) is 54.6 Å². The third-order valence-corrected chi connectivity index (χ3v) is 10.5. The smallest absolute Gasteiger partial charge is 0.363 e. The van der Waals surface area contributed by atoms with Gasteiger partial charge in [0.2, 0.25) is 10.1 Å². The number of aromatic nitrogens is 2. The number of methoxy groups -OCH3 is 2. The minimum atomic E-state index is -5.48. The molecule has 12 nitrogen and oxygen atoms in total. The van der Waals surface area contributed by atoms with Crippen molar-refractivity contribution < 1.29 is 43.1 Å². The van der Waals surface area contributed by atoms with Gasteiger partial charge in [-0.05, 0) is 71.4 Å². The first kappa shape index (κ1) is 35.2. The van der Waals surface area contributed by atoms with E-state index in [4.69, 9.17) is 41.6 Å². The van der Waals surface area contributed by atoms with Gasteiger partial charge in [0.25, 0.3) is 0 Å². The lowest BCUT2D eigenvalue weighted by Crippen LogP contribution is -2.52. The Morgan fingerprint density at radius 3 is 1.86 bits per heavy atom. The molecule has 4 aromatic carbocycles. The standard InChI is InChI=1S/C36H36N3O9PS/c1-44-27-17-13-25(14-18-27)35(24-9-5-3-6-10-24,26-15-19-28(45-2)20-16-26)46-23-30-36(40,49(41,42)43)32(47-29-11-7-4-8-12-29)33(48-30)39-22-21-31(37)38-34(39)50/h3-22,30,32-33,40H,23H2,1-2H3,(H2,37,38,50)(H2,41,42,43)/t30-,32?,33-,36?/m1/s1. The van der Waals surface area contributed by atoms with Crippen molar-refractivity contribution in [3.8, 4) is 17.2 Å². The van der Waals surface area contributed by atoms with Gasteiger partial charge in [-0.2, -0.15) is 0 Å². The average Bonchev–Trinajstić information content (AvgIpc) is 3.41. The van der Waals surface area contributed by atoms with Gasteiger partial charge in [0, 0.05) is 6.20 Å². The highest BCUT2D eigenvalue weighted by molar-refractivity contribution is 7.71. The Morgan fingerprint density at radius 1 is 0.840 bits per heavy atom. The largest absolute Gasteiger partial charge is 0.497 e. The van der Waals surface area contributed by atoms with Crippen LogP contribution < -0.4 is 19.9 Å². The van der Waals surface area contributed by atoms with Crippen LogP contribution in [0.4, 0.5) is 5.82 Å². The van der Waals surface area contributed by atoms with Crippen molar-refractivity contribution in [1.29, 1.82) is 0 Å². The molecule has 0 amide bonds. The molecule has 5 aromatic rings. The summed E-state index contributed by atoms with van der Waals surface area (Å²) in [5.41, 5.74) is 6.47. The molecule has 260 valence electrons. The SMILES string of the molecule is COc1ccc(C(OC[C@H]2O[C@@H](n3ccc(N)nc3=S)C(Oc3ccccc3)C2(O)P(=O)(O)O)(c2ccccc2)c2ccc(OC)cc2)cc1. The minimum Gasteiger partial charge on any atom is -0.497 e. The van der Waals surface area contributed by atoms with E-state index >= 15 is 0 Å². The number of nitrogen functional groups attached to an aromatic ring is 1. The first-order valence-electron chi connectivity index (χ1n) is 15.5. The van der Waals surface area contributed by atoms with E-state index in [1.165, 1.54) is 16.8 Å². The lowest BCUT2D eigenvalue weighted by Gasteiger charge is -2.39. The molecule has 0 aliphatic carbocycles. The van der Waals surface area contributed by atoms with Crippen LogP contribution in [0.5, 0.6) is 17.2 Å². The van der Waals surface area contributed by atoms with E-state index < -0.39 is 43.6 Å². The van der Waals surface area contributed by atoms with E-state index in [0.29, 0.717) is 28.2 Å². The van der Waals surface area contributed by atoms with Crippen molar-refractivity contribution in [3.05, 3.63) is 143 Å². The maximum absolute atomic E-state index is 13.5. The van der Waals surface area contributed by atoms with Gasteiger partial charge in [-0.3, -0.25) is 9.13 Å². The zero-order valence-electron chi connectivity index (χ0n) is 27.1. The summed E-state index contributed by atoms with van der Waals surface area (Å²) >= 11 is 5.47. The van der Waals surface area contributed by atoms with Gasteiger partial charge >= 0.3 is 7.60 Å². The van der Waals surface area contributed by atoms with E-state index in [1.54, 1.807) is 68.8 Å². The molecule has 14 heteroatoms. The third-order valence-electron chi connectivity index (χ3n) is 8.68. The summed E-state index contributed by atoms with van der Waals surface area (Å²) in [5.74, 6) is 1.57. The zero-order valence-corrected chi connectivity index (χ0v) is 28.8. The second kappa shape index (κ2) is 14.3. The molecule has 1 saturated heterocycles. The topological polar surface area (TPSA) is 168 Å². The fourth-order valence-electron chi connectivity index (χ4n) is 6.14. The molecule has 1 aromatic heterocycles. The molecule has 0 saturated carbocycles. The molecule has 0 bridgehead atoms. The van der Waals surface area contributed by atoms with Crippen molar-refractivity contribution in [2.75, 3.05) is 26.6 Å². The van der Waals surface area contributed by atoms with Gasteiger partial charge < -0.3 is 44.3 Å². The van der Waals surface area contributed by atoms with Crippen molar-refractivity contribution in [3.63, 3.8) is 0 Å². The summed E-state index contributed by atoms with van der Waals surface area (Å²) < 4.78 is 45.0. The minimum absolute atomic E-state index is 0.0543. The Labute approximate surface area is 293 Å². The number of para-hydroxylation sites is 1. The maximum Gasteiger partial charge on any atom is 0.363 e. The number of anilines is 1. The maximum atomic E-state index is 13.5. The van der Waals surface area contributed by atoms with Crippen molar-refractivity contribution >= 4 is 25.6 Å². The number of hydrogen-bond donors (Lipinski definition) is 4. The number of aliphatic hydroxyl groups is 1. The molecule has 4 atom stereocenters. The lowest BCUT2D eigenvalue weighted by molar-refractivity contribution is -0.105. The Balaban J connectivity index is 1.51. The number of ether oxygens (including phenoxy) is 5. The number of hydrogen-bond acceptors (Lipinski definition) is 10. The molecule has 1 fully saturated rings. The van der Waals surface area contributed by atoms with Crippen molar-refractivity contribution in [2.24, 2.45) is 0 Å². The normalized spacial score (nSPS) is 20.7. The first-order valence-corrected chi connectivity index (χ1v) is 17.5.